The molecule has 2 saturated heterocycles. The molecule has 1 aromatic rings. The number of hydrogen-bond donors (Lipinski definition) is 0. The largest absolute Gasteiger partial charge is 0.494 e. The highest BCUT2D eigenvalue weighted by Crippen LogP contribution is 2.23. The molecule has 0 N–H and O–H groups in total. The molecule has 0 unspecified atom stereocenters. The summed E-state index contributed by atoms with van der Waals surface area (Å²) in [6, 6.07) is 5.30. The first-order valence-electron chi connectivity index (χ1n) is 8.02. The molecule has 0 radical (unpaired) electrons. The maximum atomic E-state index is 13.7. The van der Waals surface area contributed by atoms with Crippen LogP contribution >= 0.6 is 0 Å². The standard InChI is InChI=1S/C17H25FN2O/c1-21-17-5-4-14(10-16(17)18)11-20-9-6-15(13-20)12-19-7-2-3-8-19/h4-5,10,15H,2-3,6-9,11-13H2,1H3/t15-/m0/s1. The van der Waals surface area contributed by atoms with Crippen molar-refractivity contribution in [3.63, 3.8) is 0 Å². The van der Waals surface area contributed by atoms with Gasteiger partial charge in [0, 0.05) is 19.6 Å². The number of benzene rings is 1. The molecule has 116 valence electrons. The smallest absolute Gasteiger partial charge is 0.165 e. The Hall–Kier alpha value is -1.13. The predicted octanol–water partition coefficient (Wildman–Crippen LogP) is 2.75. The van der Waals surface area contributed by atoms with Crippen LogP contribution in [0.15, 0.2) is 18.2 Å². The molecule has 2 fully saturated rings. The van der Waals surface area contributed by atoms with Crippen LogP contribution in [0.4, 0.5) is 4.39 Å². The van der Waals surface area contributed by atoms with Gasteiger partial charge in [-0.25, -0.2) is 4.39 Å². The molecule has 2 heterocycles. The van der Waals surface area contributed by atoms with Gasteiger partial charge in [-0.1, -0.05) is 6.07 Å². The van der Waals surface area contributed by atoms with E-state index in [1.807, 2.05) is 6.07 Å². The van der Waals surface area contributed by atoms with Crippen LogP contribution in [-0.2, 0) is 6.54 Å². The Labute approximate surface area is 126 Å². The van der Waals surface area contributed by atoms with Crippen LogP contribution in [-0.4, -0.2) is 49.6 Å². The number of ether oxygens (including phenoxy) is 1. The van der Waals surface area contributed by atoms with Crippen LogP contribution in [0.25, 0.3) is 0 Å². The molecule has 1 atom stereocenters. The zero-order valence-electron chi connectivity index (χ0n) is 12.9. The molecule has 4 heteroatoms. The summed E-state index contributed by atoms with van der Waals surface area (Å²) in [5, 5.41) is 0. The highest BCUT2D eigenvalue weighted by molar-refractivity contribution is 5.29. The molecule has 0 amide bonds. The summed E-state index contributed by atoms with van der Waals surface area (Å²) in [6.45, 7) is 6.92. The molecule has 3 nitrogen and oxygen atoms in total. The maximum Gasteiger partial charge on any atom is 0.165 e. The fraction of sp³-hybridized carbons (Fsp3) is 0.647. The van der Waals surface area contributed by atoms with Gasteiger partial charge in [0.2, 0.25) is 0 Å². The van der Waals surface area contributed by atoms with E-state index in [9.17, 15) is 4.39 Å². The Balaban J connectivity index is 1.51. The Morgan fingerprint density at radius 2 is 2.00 bits per heavy atom. The first-order chi connectivity index (χ1) is 10.2. The van der Waals surface area contributed by atoms with Gasteiger partial charge in [0.25, 0.3) is 0 Å². The molecule has 0 aliphatic carbocycles. The van der Waals surface area contributed by atoms with Crippen LogP contribution in [0.5, 0.6) is 5.75 Å². The van der Waals surface area contributed by atoms with Crippen molar-refractivity contribution < 1.29 is 9.13 Å². The summed E-state index contributed by atoms with van der Waals surface area (Å²) in [6.07, 6.45) is 4.00. The normalized spacial score (nSPS) is 23.8. The Kier molecular flexibility index (Phi) is 4.76. The Bertz CT molecular complexity index is 474. The third-order valence-corrected chi connectivity index (χ3v) is 4.71. The average molecular weight is 292 g/mol. The molecule has 0 saturated carbocycles. The van der Waals surface area contributed by atoms with E-state index in [2.05, 4.69) is 9.80 Å². The lowest BCUT2D eigenvalue weighted by Crippen LogP contribution is -2.28. The second-order valence-corrected chi connectivity index (χ2v) is 6.37. The number of hydrogen-bond acceptors (Lipinski definition) is 3. The maximum absolute atomic E-state index is 13.7. The summed E-state index contributed by atoms with van der Waals surface area (Å²) < 4.78 is 18.7. The van der Waals surface area contributed by atoms with Gasteiger partial charge in [-0.2, -0.15) is 0 Å². The molecule has 0 bridgehead atoms. The van der Waals surface area contributed by atoms with E-state index >= 15 is 0 Å². The van der Waals surface area contributed by atoms with Crippen LogP contribution in [0.2, 0.25) is 0 Å². The Morgan fingerprint density at radius 1 is 1.19 bits per heavy atom. The summed E-state index contributed by atoms with van der Waals surface area (Å²) in [4.78, 5) is 5.04. The third-order valence-electron chi connectivity index (χ3n) is 4.71. The topological polar surface area (TPSA) is 15.7 Å². The van der Waals surface area contributed by atoms with Crippen molar-refractivity contribution in [1.29, 1.82) is 0 Å². The van der Waals surface area contributed by atoms with E-state index in [4.69, 9.17) is 4.74 Å². The van der Waals surface area contributed by atoms with Crippen LogP contribution in [0, 0.1) is 11.7 Å². The molecular weight excluding hydrogens is 267 g/mol. The number of halogens is 1. The molecule has 2 aliphatic rings. The number of likely N-dealkylation sites (tertiary alicyclic amines) is 2. The third kappa shape index (κ3) is 3.74. The summed E-state index contributed by atoms with van der Waals surface area (Å²) in [5.74, 6) is 0.848. The molecule has 2 aliphatic heterocycles. The van der Waals surface area contributed by atoms with Crippen molar-refractivity contribution in [3.8, 4) is 5.75 Å². The van der Waals surface area contributed by atoms with Crippen molar-refractivity contribution in [2.24, 2.45) is 5.92 Å². The first-order valence-corrected chi connectivity index (χ1v) is 8.02. The van der Waals surface area contributed by atoms with Crippen molar-refractivity contribution in [2.45, 2.75) is 25.8 Å². The van der Waals surface area contributed by atoms with Gasteiger partial charge in [-0.3, -0.25) is 4.90 Å². The van der Waals surface area contributed by atoms with Gasteiger partial charge >= 0.3 is 0 Å². The van der Waals surface area contributed by atoms with E-state index in [1.165, 1.54) is 46.0 Å². The molecule has 1 aromatic carbocycles. The second kappa shape index (κ2) is 6.75. The predicted molar refractivity (Wildman–Crippen MR) is 82.0 cm³/mol. The second-order valence-electron chi connectivity index (χ2n) is 6.37. The fourth-order valence-electron chi connectivity index (χ4n) is 3.60. The lowest BCUT2D eigenvalue weighted by molar-refractivity contribution is 0.260. The van der Waals surface area contributed by atoms with E-state index in [1.54, 1.807) is 12.1 Å². The highest BCUT2D eigenvalue weighted by atomic mass is 19.1. The fourth-order valence-corrected chi connectivity index (χ4v) is 3.60. The number of nitrogens with zero attached hydrogens (tertiary/aromatic N) is 2. The minimum absolute atomic E-state index is 0.261. The summed E-state index contributed by atoms with van der Waals surface area (Å²) in [5.41, 5.74) is 1.04. The molecule has 21 heavy (non-hydrogen) atoms. The highest BCUT2D eigenvalue weighted by Gasteiger charge is 2.25. The number of methoxy groups -OCH3 is 1. The van der Waals surface area contributed by atoms with E-state index < -0.39 is 0 Å². The monoisotopic (exact) mass is 292 g/mol. The zero-order chi connectivity index (χ0) is 14.7. The van der Waals surface area contributed by atoms with Gasteiger partial charge in [0.05, 0.1) is 7.11 Å². The van der Waals surface area contributed by atoms with Crippen LogP contribution in [0.3, 0.4) is 0 Å². The van der Waals surface area contributed by atoms with E-state index in [-0.39, 0.29) is 5.82 Å². The van der Waals surface area contributed by atoms with Crippen molar-refractivity contribution in [1.82, 2.24) is 9.80 Å². The van der Waals surface area contributed by atoms with Gasteiger partial charge < -0.3 is 9.64 Å². The van der Waals surface area contributed by atoms with Crippen molar-refractivity contribution in [3.05, 3.63) is 29.6 Å². The van der Waals surface area contributed by atoms with Crippen molar-refractivity contribution >= 4 is 0 Å². The molecule has 3 rings (SSSR count). The van der Waals surface area contributed by atoms with E-state index in [0.717, 1.165) is 31.1 Å². The summed E-state index contributed by atoms with van der Waals surface area (Å²) >= 11 is 0. The summed E-state index contributed by atoms with van der Waals surface area (Å²) in [7, 11) is 1.50. The van der Waals surface area contributed by atoms with Crippen molar-refractivity contribution in [2.75, 3.05) is 39.8 Å². The Morgan fingerprint density at radius 3 is 2.71 bits per heavy atom. The minimum atomic E-state index is -0.261. The zero-order valence-corrected chi connectivity index (χ0v) is 12.9. The van der Waals surface area contributed by atoms with Gasteiger partial charge in [-0.05, 0) is 62.5 Å². The molecule has 0 aromatic heterocycles. The van der Waals surface area contributed by atoms with E-state index in [0.29, 0.717) is 5.75 Å². The van der Waals surface area contributed by atoms with Gasteiger partial charge in [0.1, 0.15) is 0 Å². The number of rotatable bonds is 5. The molecular formula is C17H25FN2O. The average Bonchev–Trinajstić information content (AvgIpc) is 3.12. The minimum Gasteiger partial charge on any atom is -0.494 e. The van der Waals surface area contributed by atoms with Crippen LogP contribution < -0.4 is 4.74 Å². The lowest BCUT2D eigenvalue weighted by Gasteiger charge is -2.20. The quantitative estimate of drug-likeness (QED) is 0.830. The first kappa shape index (κ1) is 14.8. The van der Waals surface area contributed by atoms with Gasteiger partial charge in [0.15, 0.2) is 11.6 Å². The van der Waals surface area contributed by atoms with Crippen LogP contribution in [0.1, 0.15) is 24.8 Å². The van der Waals surface area contributed by atoms with Gasteiger partial charge in [-0.15, -0.1) is 0 Å². The SMILES string of the molecule is COc1ccc(CN2CC[C@@H](CN3CCCC3)C2)cc1F. The lowest BCUT2D eigenvalue weighted by atomic mass is 10.1. The molecule has 0 spiro atoms.